The first-order valence-electron chi connectivity index (χ1n) is 7.29. The first-order chi connectivity index (χ1) is 8.81. The largest absolute Gasteiger partial charge is 0.396 e. The fourth-order valence-corrected chi connectivity index (χ4v) is 3.97. The second-order valence-corrected chi connectivity index (χ2v) is 6.73. The van der Waals surface area contributed by atoms with Gasteiger partial charge in [-0.05, 0) is 55.9 Å². The van der Waals surface area contributed by atoms with E-state index in [9.17, 15) is 4.79 Å². The summed E-state index contributed by atoms with van der Waals surface area (Å²) < 4.78 is 0. The van der Waals surface area contributed by atoms with Crippen LogP contribution >= 0.6 is 11.8 Å². The van der Waals surface area contributed by atoms with Gasteiger partial charge in [0.2, 0.25) is 5.91 Å². The summed E-state index contributed by atoms with van der Waals surface area (Å²) in [4.78, 5) is 14.4. The van der Waals surface area contributed by atoms with E-state index in [1.807, 2.05) is 11.8 Å². The van der Waals surface area contributed by atoms with E-state index in [0.717, 1.165) is 32.2 Å². The smallest absolute Gasteiger partial charge is 0.223 e. The van der Waals surface area contributed by atoms with Crippen LogP contribution < -0.4 is 0 Å². The van der Waals surface area contributed by atoms with Crippen molar-refractivity contribution in [2.24, 2.45) is 5.92 Å². The molecular weight excluding hydrogens is 246 g/mol. The van der Waals surface area contributed by atoms with E-state index >= 15 is 0 Å². The number of carbonyl (C=O) groups excluding carboxylic acids is 1. The Morgan fingerprint density at radius 2 is 1.94 bits per heavy atom. The third kappa shape index (κ3) is 3.89. The van der Waals surface area contributed by atoms with E-state index in [4.69, 9.17) is 5.11 Å². The maximum Gasteiger partial charge on any atom is 0.223 e. The van der Waals surface area contributed by atoms with Crippen LogP contribution in [-0.4, -0.2) is 46.6 Å². The van der Waals surface area contributed by atoms with Gasteiger partial charge in [0, 0.05) is 25.6 Å². The number of thioether (sulfide) groups is 1. The summed E-state index contributed by atoms with van der Waals surface area (Å²) in [6, 6.07) is 0.474. The molecule has 0 aromatic carbocycles. The second kappa shape index (κ2) is 7.39. The molecule has 1 heterocycles. The van der Waals surface area contributed by atoms with E-state index in [2.05, 4.69) is 4.90 Å². The fraction of sp³-hybridized carbons (Fsp3) is 0.929. The van der Waals surface area contributed by atoms with Crippen LogP contribution in [0.2, 0.25) is 0 Å². The maximum atomic E-state index is 12.4. The minimum atomic E-state index is 0.191. The Hall–Kier alpha value is -0.220. The molecule has 2 aliphatic rings. The standard InChI is InChI=1S/C14H25NO2S/c16-8-2-7-15(13-3-1-4-13)14(17)11-12-5-9-18-10-6-12/h12-13,16H,1-11H2. The molecule has 1 saturated heterocycles. The van der Waals surface area contributed by atoms with Gasteiger partial charge in [-0.3, -0.25) is 4.79 Å². The summed E-state index contributed by atoms with van der Waals surface area (Å²) in [6.45, 7) is 0.942. The highest BCUT2D eigenvalue weighted by Crippen LogP contribution is 2.29. The van der Waals surface area contributed by atoms with Crippen LogP contribution in [-0.2, 0) is 4.79 Å². The lowest BCUT2D eigenvalue weighted by Gasteiger charge is -2.38. The van der Waals surface area contributed by atoms with Crippen molar-refractivity contribution in [1.82, 2.24) is 4.90 Å². The molecule has 0 bridgehead atoms. The Labute approximate surface area is 114 Å². The van der Waals surface area contributed by atoms with E-state index in [1.165, 1.54) is 30.8 Å². The number of rotatable bonds is 6. The number of nitrogens with zero attached hydrogens (tertiary/aromatic N) is 1. The molecule has 0 unspecified atom stereocenters. The lowest BCUT2D eigenvalue weighted by molar-refractivity contribution is -0.136. The van der Waals surface area contributed by atoms with Gasteiger partial charge in [-0.15, -0.1) is 0 Å². The highest BCUT2D eigenvalue weighted by Gasteiger charge is 2.29. The first kappa shape index (κ1) is 14.2. The summed E-state index contributed by atoms with van der Waals surface area (Å²) in [7, 11) is 0. The summed E-state index contributed by atoms with van der Waals surface area (Å²) in [6.07, 6.45) is 7.46. The SMILES string of the molecule is O=C(CC1CCSCC1)N(CCCO)C1CCC1. The number of hydrogen-bond donors (Lipinski definition) is 1. The molecular formula is C14H25NO2S. The van der Waals surface area contributed by atoms with Crippen molar-refractivity contribution in [2.75, 3.05) is 24.7 Å². The zero-order valence-electron chi connectivity index (χ0n) is 11.1. The van der Waals surface area contributed by atoms with Crippen molar-refractivity contribution in [3.63, 3.8) is 0 Å². The molecule has 1 aliphatic heterocycles. The molecule has 2 fully saturated rings. The van der Waals surface area contributed by atoms with Gasteiger partial charge < -0.3 is 10.0 Å². The molecule has 0 aromatic rings. The molecule has 1 aliphatic carbocycles. The zero-order chi connectivity index (χ0) is 12.8. The molecule has 0 spiro atoms. The number of carbonyl (C=O) groups is 1. The number of aliphatic hydroxyl groups excluding tert-OH is 1. The first-order valence-corrected chi connectivity index (χ1v) is 8.45. The predicted octanol–water partition coefficient (Wildman–Crippen LogP) is 2.28. The second-order valence-electron chi connectivity index (χ2n) is 5.51. The van der Waals surface area contributed by atoms with Crippen LogP contribution in [0, 0.1) is 5.92 Å². The van der Waals surface area contributed by atoms with Gasteiger partial charge in [0.05, 0.1) is 0 Å². The molecule has 1 saturated carbocycles. The number of amides is 1. The topological polar surface area (TPSA) is 40.5 Å². The predicted molar refractivity (Wildman–Crippen MR) is 75.7 cm³/mol. The van der Waals surface area contributed by atoms with Crippen molar-refractivity contribution in [3.8, 4) is 0 Å². The lowest BCUT2D eigenvalue weighted by Crippen LogP contribution is -2.45. The van der Waals surface area contributed by atoms with Crippen molar-refractivity contribution in [2.45, 2.75) is 51.0 Å². The van der Waals surface area contributed by atoms with Crippen LogP contribution in [0.25, 0.3) is 0 Å². The van der Waals surface area contributed by atoms with Crippen molar-refractivity contribution < 1.29 is 9.90 Å². The van der Waals surface area contributed by atoms with Gasteiger partial charge in [0.1, 0.15) is 0 Å². The Morgan fingerprint density at radius 3 is 2.50 bits per heavy atom. The van der Waals surface area contributed by atoms with E-state index < -0.39 is 0 Å². The van der Waals surface area contributed by atoms with Gasteiger partial charge in [-0.2, -0.15) is 11.8 Å². The molecule has 4 heteroatoms. The summed E-state index contributed by atoms with van der Waals surface area (Å²) in [5.74, 6) is 3.39. The summed E-state index contributed by atoms with van der Waals surface area (Å²) in [5.41, 5.74) is 0. The molecule has 0 radical (unpaired) electrons. The van der Waals surface area contributed by atoms with E-state index in [1.54, 1.807) is 0 Å². The van der Waals surface area contributed by atoms with Crippen LogP contribution in [0.3, 0.4) is 0 Å². The van der Waals surface area contributed by atoms with E-state index in [0.29, 0.717) is 17.9 Å². The third-order valence-corrected chi connectivity index (χ3v) is 5.25. The van der Waals surface area contributed by atoms with Gasteiger partial charge in [0.25, 0.3) is 0 Å². The van der Waals surface area contributed by atoms with Crippen LogP contribution in [0.4, 0.5) is 0 Å². The normalized spacial score (nSPS) is 21.6. The highest BCUT2D eigenvalue weighted by molar-refractivity contribution is 7.99. The van der Waals surface area contributed by atoms with Gasteiger partial charge in [0.15, 0.2) is 0 Å². The van der Waals surface area contributed by atoms with Crippen molar-refractivity contribution >= 4 is 17.7 Å². The Balaban J connectivity index is 1.81. The minimum Gasteiger partial charge on any atom is -0.396 e. The minimum absolute atomic E-state index is 0.191. The molecule has 104 valence electrons. The fourth-order valence-electron chi connectivity index (χ4n) is 2.77. The van der Waals surface area contributed by atoms with Crippen LogP contribution in [0.5, 0.6) is 0 Å². The van der Waals surface area contributed by atoms with Crippen molar-refractivity contribution in [3.05, 3.63) is 0 Å². The molecule has 0 atom stereocenters. The number of aliphatic hydroxyl groups is 1. The Morgan fingerprint density at radius 1 is 1.22 bits per heavy atom. The monoisotopic (exact) mass is 271 g/mol. The van der Waals surface area contributed by atoms with Gasteiger partial charge in [-0.25, -0.2) is 0 Å². The van der Waals surface area contributed by atoms with Crippen LogP contribution in [0.15, 0.2) is 0 Å². The van der Waals surface area contributed by atoms with Gasteiger partial charge >= 0.3 is 0 Å². The average Bonchev–Trinajstić information content (AvgIpc) is 2.33. The maximum absolute atomic E-state index is 12.4. The third-order valence-electron chi connectivity index (χ3n) is 4.20. The number of hydrogen-bond acceptors (Lipinski definition) is 3. The van der Waals surface area contributed by atoms with Crippen molar-refractivity contribution in [1.29, 1.82) is 0 Å². The van der Waals surface area contributed by atoms with E-state index in [-0.39, 0.29) is 6.61 Å². The molecule has 2 rings (SSSR count). The Bertz CT molecular complexity index is 263. The molecule has 1 N–H and O–H groups in total. The molecule has 1 amide bonds. The van der Waals surface area contributed by atoms with Gasteiger partial charge in [-0.1, -0.05) is 0 Å². The van der Waals surface area contributed by atoms with Crippen LogP contribution in [0.1, 0.15) is 44.9 Å². The summed E-state index contributed by atoms with van der Waals surface area (Å²) >= 11 is 2.01. The summed E-state index contributed by atoms with van der Waals surface area (Å²) in [5, 5.41) is 8.95. The highest BCUT2D eigenvalue weighted by atomic mass is 32.2. The molecule has 18 heavy (non-hydrogen) atoms. The quantitative estimate of drug-likeness (QED) is 0.806. The molecule has 0 aromatic heterocycles. The lowest BCUT2D eigenvalue weighted by atomic mass is 9.90. The average molecular weight is 271 g/mol. The Kier molecular flexibility index (Phi) is 5.83. The molecule has 3 nitrogen and oxygen atoms in total. The zero-order valence-corrected chi connectivity index (χ0v) is 12.0.